The summed E-state index contributed by atoms with van der Waals surface area (Å²) < 4.78 is 7.37. The van der Waals surface area contributed by atoms with Crippen molar-refractivity contribution in [1.29, 1.82) is 0 Å². The second-order valence-corrected chi connectivity index (χ2v) is 5.66. The van der Waals surface area contributed by atoms with Gasteiger partial charge < -0.3 is 14.4 Å². The van der Waals surface area contributed by atoms with E-state index in [2.05, 4.69) is 52.9 Å². The van der Waals surface area contributed by atoms with Crippen LogP contribution >= 0.6 is 11.8 Å². The zero-order chi connectivity index (χ0) is 15.1. The molecule has 2 rings (SSSR count). The van der Waals surface area contributed by atoms with E-state index in [1.807, 2.05) is 0 Å². The number of aliphatic hydroxyl groups is 1. The predicted octanol–water partition coefficient (Wildman–Crippen LogP) is 2.37. The lowest BCUT2D eigenvalue weighted by Crippen LogP contribution is -2.04. The third-order valence-corrected chi connectivity index (χ3v) is 3.97. The van der Waals surface area contributed by atoms with Crippen LogP contribution in [0, 0.1) is 6.92 Å². The first kappa shape index (κ1) is 16.0. The number of benzene rings is 1. The molecule has 0 amide bonds. The molecule has 6 heteroatoms. The second-order valence-electron chi connectivity index (χ2n) is 4.60. The van der Waals surface area contributed by atoms with Gasteiger partial charge in [0.25, 0.3) is 0 Å². The van der Waals surface area contributed by atoms with Crippen molar-refractivity contribution < 1.29 is 9.84 Å². The van der Waals surface area contributed by atoms with Crippen LogP contribution in [0.1, 0.15) is 12.5 Å². The van der Waals surface area contributed by atoms with Crippen LogP contribution < -0.4 is 0 Å². The SMILES string of the molecule is CCn1c(SCCOCCO)nnc1-c1ccc(C)cc1. The number of rotatable bonds is 8. The number of thioether (sulfide) groups is 1. The summed E-state index contributed by atoms with van der Waals surface area (Å²) in [6.07, 6.45) is 0. The maximum Gasteiger partial charge on any atom is 0.191 e. The van der Waals surface area contributed by atoms with E-state index in [0.29, 0.717) is 13.2 Å². The van der Waals surface area contributed by atoms with E-state index in [9.17, 15) is 0 Å². The maximum atomic E-state index is 8.66. The molecule has 114 valence electrons. The molecule has 0 aliphatic carbocycles. The molecular weight excluding hydrogens is 286 g/mol. The van der Waals surface area contributed by atoms with E-state index in [1.165, 1.54) is 5.56 Å². The van der Waals surface area contributed by atoms with Crippen molar-refractivity contribution in [2.45, 2.75) is 25.5 Å². The van der Waals surface area contributed by atoms with Gasteiger partial charge in [-0.1, -0.05) is 41.6 Å². The van der Waals surface area contributed by atoms with Crippen molar-refractivity contribution in [2.75, 3.05) is 25.6 Å². The van der Waals surface area contributed by atoms with E-state index in [1.54, 1.807) is 11.8 Å². The topological polar surface area (TPSA) is 60.2 Å². The van der Waals surface area contributed by atoms with Crippen molar-refractivity contribution in [2.24, 2.45) is 0 Å². The Morgan fingerprint density at radius 2 is 1.95 bits per heavy atom. The zero-order valence-electron chi connectivity index (χ0n) is 12.5. The lowest BCUT2D eigenvalue weighted by molar-refractivity contribution is 0.103. The molecule has 1 N–H and O–H groups in total. The van der Waals surface area contributed by atoms with Crippen molar-refractivity contribution >= 4 is 11.8 Å². The normalized spacial score (nSPS) is 11.0. The lowest BCUT2D eigenvalue weighted by atomic mass is 10.1. The Kier molecular flexibility index (Phi) is 6.22. The van der Waals surface area contributed by atoms with Gasteiger partial charge in [-0.3, -0.25) is 0 Å². The first-order valence-corrected chi connectivity index (χ1v) is 8.06. The molecule has 0 spiro atoms. The van der Waals surface area contributed by atoms with E-state index in [0.717, 1.165) is 28.8 Å². The molecular formula is C15H21N3O2S. The average Bonchev–Trinajstić information content (AvgIpc) is 2.90. The largest absolute Gasteiger partial charge is 0.394 e. The molecule has 21 heavy (non-hydrogen) atoms. The number of ether oxygens (including phenoxy) is 1. The van der Waals surface area contributed by atoms with Crippen molar-refractivity contribution in [3.8, 4) is 11.4 Å². The van der Waals surface area contributed by atoms with E-state index < -0.39 is 0 Å². The minimum atomic E-state index is 0.0629. The summed E-state index contributed by atoms with van der Waals surface area (Å²) >= 11 is 1.62. The number of hydrogen-bond acceptors (Lipinski definition) is 5. The first-order valence-electron chi connectivity index (χ1n) is 7.08. The monoisotopic (exact) mass is 307 g/mol. The Bertz CT molecular complexity index is 555. The molecule has 0 radical (unpaired) electrons. The summed E-state index contributed by atoms with van der Waals surface area (Å²) in [5.74, 6) is 1.70. The van der Waals surface area contributed by atoms with Crippen molar-refractivity contribution in [3.63, 3.8) is 0 Å². The van der Waals surface area contributed by atoms with Gasteiger partial charge in [0.2, 0.25) is 0 Å². The number of nitrogens with zero attached hydrogens (tertiary/aromatic N) is 3. The highest BCUT2D eigenvalue weighted by Gasteiger charge is 2.12. The Morgan fingerprint density at radius 1 is 1.19 bits per heavy atom. The van der Waals surface area contributed by atoms with Gasteiger partial charge in [0.1, 0.15) is 0 Å². The molecule has 0 fully saturated rings. The molecule has 1 heterocycles. The van der Waals surface area contributed by atoms with Crippen LogP contribution in [0.2, 0.25) is 0 Å². The maximum absolute atomic E-state index is 8.66. The van der Waals surface area contributed by atoms with Gasteiger partial charge in [-0.2, -0.15) is 0 Å². The number of aromatic nitrogens is 3. The van der Waals surface area contributed by atoms with Crippen molar-refractivity contribution in [3.05, 3.63) is 29.8 Å². The van der Waals surface area contributed by atoms with Gasteiger partial charge in [0, 0.05) is 17.9 Å². The third-order valence-electron chi connectivity index (χ3n) is 3.04. The highest BCUT2D eigenvalue weighted by atomic mass is 32.2. The predicted molar refractivity (Wildman–Crippen MR) is 84.5 cm³/mol. The Hall–Kier alpha value is -1.37. The second kappa shape index (κ2) is 8.17. The summed E-state index contributed by atoms with van der Waals surface area (Å²) in [4.78, 5) is 0. The molecule has 0 saturated heterocycles. The standard InChI is InChI=1S/C15H21N3O2S/c1-3-18-14(13-6-4-12(2)5-7-13)16-17-15(18)21-11-10-20-9-8-19/h4-7,19H,3,8-11H2,1-2H3. The molecule has 0 bridgehead atoms. The quantitative estimate of drug-likeness (QED) is 0.599. The van der Waals surface area contributed by atoms with Gasteiger partial charge in [-0.25, -0.2) is 0 Å². The minimum absolute atomic E-state index is 0.0629. The Morgan fingerprint density at radius 3 is 2.62 bits per heavy atom. The van der Waals surface area contributed by atoms with E-state index in [4.69, 9.17) is 9.84 Å². The fourth-order valence-corrected chi connectivity index (χ4v) is 2.81. The Labute approximate surface area is 129 Å². The zero-order valence-corrected chi connectivity index (χ0v) is 13.3. The van der Waals surface area contributed by atoms with Crippen LogP contribution in [-0.2, 0) is 11.3 Å². The number of hydrogen-bond donors (Lipinski definition) is 1. The van der Waals surface area contributed by atoms with E-state index in [-0.39, 0.29) is 6.61 Å². The molecule has 2 aromatic rings. The molecule has 0 atom stereocenters. The smallest absolute Gasteiger partial charge is 0.191 e. The molecule has 0 unspecified atom stereocenters. The summed E-state index contributed by atoms with van der Waals surface area (Å²) in [7, 11) is 0. The van der Waals surface area contributed by atoms with Crippen LogP contribution in [-0.4, -0.2) is 45.4 Å². The lowest BCUT2D eigenvalue weighted by Gasteiger charge is -2.07. The highest BCUT2D eigenvalue weighted by molar-refractivity contribution is 7.99. The van der Waals surface area contributed by atoms with Gasteiger partial charge in [0.15, 0.2) is 11.0 Å². The van der Waals surface area contributed by atoms with Crippen LogP contribution in [0.5, 0.6) is 0 Å². The summed E-state index contributed by atoms with van der Waals surface area (Å²) in [5.41, 5.74) is 2.32. The third kappa shape index (κ3) is 4.30. The van der Waals surface area contributed by atoms with Crippen LogP contribution in [0.15, 0.2) is 29.4 Å². The van der Waals surface area contributed by atoms with E-state index >= 15 is 0 Å². The van der Waals surface area contributed by atoms with Crippen LogP contribution in [0.25, 0.3) is 11.4 Å². The molecule has 5 nitrogen and oxygen atoms in total. The van der Waals surface area contributed by atoms with Crippen molar-refractivity contribution in [1.82, 2.24) is 14.8 Å². The molecule has 1 aromatic carbocycles. The molecule has 0 saturated carbocycles. The summed E-state index contributed by atoms with van der Waals surface area (Å²) in [5, 5.41) is 18.1. The molecule has 0 aliphatic heterocycles. The fourth-order valence-electron chi connectivity index (χ4n) is 1.96. The van der Waals surface area contributed by atoms with Gasteiger partial charge in [-0.15, -0.1) is 10.2 Å². The van der Waals surface area contributed by atoms with Crippen LogP contribution in [0.3, 0.4) is 0 Å². The number of aliphatic hydroxyl groups excluding tert-OH is 1. The summed E-state index contributed by atoms with van der Waals surface area (Å²) in [6, 6.07) is 8.31. The van der Waals surface area contributed by atoms with Crippen LogP contribution in [0.4, 0.5) is 0 Å². The van der Waals surface area contributed by atoms with Gasteiger partial charge in [0.05, 0.1) is 19.8 Å². The van der Waals surface area contributed by atoms with Gasteiger partial charge in [-0.05, 0) is 13.8 Å². The minimum Gasteiger partial charge on any atom is -0.394 e. The Balaban J connectivity index is 2.05. The average molecular weight is 307 g/mol. The number of aryl methyl sites for hydroxylation is 1. The molecule has 0 aliphatic rings. The summed E-state index contributed by atoms with van der Waals surface area (Å²) in [6.45, 7) is 6.04. The highest BCUT2D eigenvalue weighted by Crippen LogP contribution is 2.24. The fraction of sp³-hybridized carbons (Fsp3) is 0.467. The first-order chi connectivity index (χ1) is 10.3. The molecule has 1 aromatic heterocycles. The van der Waals surface area contributed by atoms with Gasteiger partial charge >= 0.3 is 0 Å².